The molecule has 1 saturated heterocycles. The minimum Gasteiger partial charge on any atom is -0.316 e. The standard InChI is InChI=1S/C18H36N2/c1-16(2)12-19-13-18(8-6-5-7-9-18)15-20-11-10-17(3,4)14-20/h16,19H,5-15H2,1-4H3. The number of hydrogen-bond acceptors (Lipinski definition) is 2. The second kappa shape index (κ2) is 6.79. The van der Waals surface area contributed by atoms with E-state index in [1.165, 1.54) is 71.2 Å². The molecule has 20 heavy (non-hydrogen) atoms. The fraction of sp³-hybridized carbons (Fsp3) is 1.00. The van der Waals surface area contributed by atoms with Gasteiger partial charge >= 0.3 is 0 Å². The van der Waals surface area contributed by atoms with E-state index in [-0.39, 0.29) is 0 Å². The molecule has 0 aromatic carbocycles. The molecule has 1 aliphatic heterocycles. The molecule has 1 saturated carbocycles. The molecule has 0 unspecified atom stereocenters. The molecule has 1 N–H and O–H groups in total. The van der Waals surface area contributed by atoms with Gasteiger partial charge in [0.25, 0.3) is 0 Å². The first-order valence-corrected chi connectivity index (χ1v) is 8.84. The molecule has 0 radical (unpaired) electrons. The average Bonchev–Trinajstić information content (AvgIpc) is 2.69. The van der Waals surface area contributed by atoms with E-state index in [0.29, 0.717) is 10.8 Å². The maximum absolute atomic E-state index is 3.76. The van der Waals surface area contributed by atoms with E-state index in [9.17, 15) is 0 Å². The summed E-state index contributed by atoms with van der Waals surface area (Å²) >= 11 is 0. The van der Waals surface area contributed by atoms with Crippen molar-refractivity contribution < 1.29 is 0 Å². The van der Waals surface area contributed by atoms with E-state index in [1.807, 2.05) is 0 Å². The highest BCUT2D eigenvalue weighted by Crippen LogP contribution is 2.39. The summed E-state index contributed by atoms with van der Waals surface area (Å²) in [5, 5.41) is 3.76. The van der Waals surface area contributed by atoms with Crippen LogP contribution in [0.1, 0.15) is 66.2 Å². The summed E-state index contributed by atoms with van der Waals surface area (Å²) in [6, 6.07) is 0. The zero-order valence-corrected chi connectivity index (χ0v) is 14.3. The van der Waals surface area contributed by atoms with Crippen molar-refractivity contribution in [1.29, 1.82) is 0 Å². The van der Waals surface area contributed by atoms with E-state index >= 15 is 0 Å². The Morgan fingerprint density at radius 1 is 1.05 bits per heavy atom. The van der Waals surface area contributed by atoms with Crippen LogP contribution in [-0.4, -0.2) is 37.6 Å². The Bertz CT molecular complexity index is 290. The van der Waals surface area contributed by atoms with Crippen molar-refractivity contribution in [2.45, 2.75) is 66.2 Å². The van der Waals surface area contributed by atoms with Gasteiger partial charge in [0.1, 0.15) is 0 Å². The molecule has 1 aliphatic carbocycles. The molecule has 0 bridgehead atoms. The number of nitrogens with one attached hydrogen (secondary N) is 1. The third kappa shape index (κ3) is 4.73. The van der Waals surface area contributed by atoms with Crippen LogP contribution in [0.4, 0.5) is 0 Å². The maximum Gasteiger partial charge on any atom is 0.00504 e. The van der Waals surface area contributed by atoms with E-state index in [2.05, 4.69) is 37.9 Å². The summed E-state index contributed by atoms with van der Waals surface area (Å²) in [6.45, 7) is 15.8. The maximum atomic E-state index is 3.76. The molecule has 2 nitrogen and oxygen atoms in total. The predicted molar refractivity (Wildman–Crippen MR) is 88.1 cm³/mol. The Labute approximate surface area is 126 Å². The molecule has 0 aromatic heterocycles. The molecule has 0 atom stereocenters. The van der Waals surface area contributed by atoms with Crippen molar-refractivity contribution in [2.24, 2.45) is 16.7 Å². The fourth-order valence-electron chi connectivity index (χ4n) is 4.15. The molecule has 2 fully saturated rings. The largest absolute Gasteiger partial charge is 0.316 e. The lowest BCUT2D eigenvalue weighted by Crippen LogP contribution is -2.45. The molecule has 0 spiro atoms. The normalized spacial score (nSPS) is 26.2. The van der Waals surface area contributed by atoms with Gasteiger partial charge in [-0.05, 0) is 49.1 Å². The number of hydrogen-bond donors (Lipinski definition) is 1. The van der Waals surface area contributed by atoms with Crippen LogP contribution in [0.15, 0.2) is 0 Å². The van der Waals surface area contributed by atoms with Crippen molar-refractivity contribution in [3.8, 4) is 0 Å². The smallest absolute Gasteiger partial charge is 0.00504 e. The van der Waals surface area contributed by atoms with Gasteiger partial charge in [0.15, 0.2) is 0 Å². The van der Waals surface area contributed by atoms with Gasteiger partial charge < -0.3 is 10.2 Å². The van der Waals surface area contributed by atoms with Crippen LogP contribution in [0.3, 0.4) is 0 Å². The third-order valence-electron chi connectivity index (χ3n) is 5.28. The molecule has 0 aromatic rings. The highest BCUT2D eigenvalue weighted by atomic mass is 15.2. The highest BCUT2D eigenvalue weighted by Gasteiger charge is 2.37. The van der Waals surface area contributed by atoms with Crippen LogP contribution in [-0.2, 0) is 0 Å². The first kappa shape index (κ1) is 16.3. The van der Waals surface area contributed by atoms with Crippen LogP contribution in [0.25, 0.3) is 0 Å². The quantitative estimate of drug-likeness (QED) is 0.793. The predicted octanol–water partition coefficient (Wildman–Crippen LogP) is 3.91. The van der Waals surface area contributed by atoms with Crippen LogP contribution in [0, 0.1) is 16.7 Å². The van der Waals surface area contributed by atoms with Gasteiger partial charge in [0.05, 0.1) is 0 Å². The van der Waals surface area contributed by atoms with E-state index < -0.39 is 0 Å². The highest BCUT2D eigenvalue weighted by molar-refractivity contribution is 4.92. The Hall–Kier alpha value is -0.0800. The third-order valence-corrected chi connectivity index (χ3v) is 5.28. The first-order valence-electron chi connectivity index (χ1n) is 8.84. The van der Waals surface area contributed by atoms with Gasteiger partial charge in [-0.15, -0.1) is 0 Å². The van der Waals surface area contributed by atoms with E-state index in [4.69, 9.17) is 0 Å². The summed E-state index contributed by atoms with van der Waals surface area (Å²) in [4.78, 5) is 2.75. The lowest BCUT2D eigenvalue weighted by molar-refractivity contribution is 0.110. The number of rotatable bonds is 6. The summed E-state index contributed by atoms with van der Waals surface area (Å²) in [5.41, 5.74) is 1.11. The zero-order chi connectivity index (χ0) is 14.6. The Morgan fingerprint density at radius 2 is 1.75 bits per heavy atom. The second-order valence-electron chi connectivity index (χ2n) is 8.71. The topological polar surface area (TPSA) is 15.3 Å². The Kier molecular flexibility index (Phi) is 5.53. The van der Waals surface area contributed by atoms with Crippen molar-refractivity contribution in [2.75, 3.05) is 32.7 Å². The summed E-state index contributed by atoms with van der Waals surface area (Å²) in [5.74, 6) is 0.765. The van der Waals surface area contributed by atoms with Crippen LogP contribution in [0.5, 0.6) is 0 Å². The Balaban J connectivity index is 1.89. The Morgan fingerprint density at radius 3 is 2.30 bits per heavy atom. The van der Waals surface area contributed by atoms with Crippen molar-refractivity contribution >= 4 is 0 Å². The van der Waals surface area contributed by atoms with Gasteiger partial charge in [-0.2, -0.15) is 0 Å². The average molecular weight is 280 g/mol. The van der Waals surface area contributed by atoms with Crippen LogP contribution >= 0.6 is 0 Å². The van der Waals surface area contributed by atoms with Crippen LogP contribution in [0.2, 0.25) is 0 Å². The molecule has 0 amide bonds. The lowest BCUT2D eigenvalue weighted by atomic mass is 9.73. The molecular formula is C18H36N2. The van der Waals surface area contributed by atoms with Crippen molar-refractivity contribution in [3.63, 3.8) is 0 Å². The molecule has 2 heteroatoms. The first-order chi connectivity index (χ1) is 9.41. The monoisotopic (exact) mass is 280 g/mol. The lowest BCUT2D eigenvalue weighted by Gasteiger charge is -2.41. The second-order valence-corrected chi connectivity index (χ2v) is 8.71. The van der Waals surface area contributed by atoms with Crippen LogP contribution < -0.4 is 5.32 Å². The molecule has 2 aliphatic rings. The van der Waals surface area contributed by atoms with Gasteiger partial charge in [-0.3, -0.25) is 0 Å². The fourth-order valence-corrected chi connectivity index (χ4v) is 4.15. The summed E-state index contributed by atoms with van der Waals surface area (Å²) in [6.07, 6.45) is 8.60. The van der Waals surface area contributed by atoms with Gasteiger partial charge in [-0.25, -0.2) is 0 Å². The van der Waals surface area contributed by atoms with Gasteiger partial charge in [0, 0.05) is 19.6 Å². The van der Waals surface area contributed by atoms with Crippen molar-refractivity contribution in [1.82, 2.24) is 10.2 Å². The van der Waals surface area contributed by atoms with Gasteiger partial charge in [-0.1, -0.05) is 47.0 Å². The zero-order valence-electron chi connectivity index (χ0n) is 14.3. The van der Waals surface area contributed by atoms with E-state index in [0.717, 1.165) is 5.92 Å². The summed E-state index contributed by atoms with van der Waals surface area (Å²) < 4.78 is 0. The summed E-state index contributed by atoms with van der Waals surface area (Å²) in [7, 11) is 0. The van der Waals surface area contributed by atoms with Crippen molar-refractivity contribution in [3.05, 3.63) is 0 Å². The minimum absolute atomic E-state index is 0.543. The number of nitrogens with zero attached hydrogens (tertiary/aromatic N) is 1. The SMILES string of the molecule is CC(C)CNCC1(CN2CCC(C)(C)C2)CCCCC1. The molecular weight excluding hydrogens is 244 g/mol. The minimum atomic E-state index is 0.543. The number of likely N-dealkylation sites (tertiary alicyclic amines) is 1. The molecule has 2 rings (SSSR count). The molecule has 118 valence electrons. The molecule has 1 heterocycles. The van der Waals surface area contributed by atoms with E-state index in [1.54, 1.807) is 0 Å². The van der Waals surface area contributed by atoms with Gasteiger partial charge in [0.2, 0.25) is 0 Å².